The van der Waals surface area contributed by atoms with Crippen LogP contribution >= 0.6 is 0 Å². The Balaban J connectivity index is 1.67. The van der Waals surface area contributed by atoms with Crippen LogP contribution in [0.3, 0.4) is 0 Å². The lowest BCUT2D eigenvalue weighted by Crippen LogP contribution is -2.35. The Morgan fingerprint density at radius 3 is 2.64 bits per heavy atom. The number of nitrogens with one attached hydrogen (secondary N) is 1. The van der Waals surface area contributed by atoms with Crippen LogP contribution in [0.4, 0.5) is 0 Å². The predicted molar refractivity (Wildman–Crippen MR) is 57.6 cm³/mol. The van der Waals surface area contributed by atoms with Crippen molar-refractivity contribution in [2.45, 2.75) is 38.1 Å². The fourth-order valence-corrected chi connectivity index (χ4v) is 1.49. The third-order valence-corrected chi connectivity index (χ3v) is 2.69. The summed E-state index contributed by atoms with van der Waals surface area (Å²) in [5.41, 5.74) is 0. The van der Waals surface area contributed by atoms with Gasteiger partial charge < -0.3 is 14.8 Å². The summed E-state index contributed by atoms with van der Waals surface area (Å²) in [6, 6.07) is 0.824. The summed E-state index contributed by atoms with van der Waals surface area (Å²) in [4.78, 5) is 0. The van der Waals surface area contributed by atoms with Gasteiger partial charge in [0.15, 0.2) is 0 Å². The number of hydrogen-bond donors (Lipinski definition) is 1. The highest BCUT2D eigenvalue weighted by Crippen LogP contribution is 2.17. The highest BCUT2D eigenvalue weighted by Gasteiger charge is 2.15. The first-order valence-corrected chi connectivity index (χ1v) is 5.73. The standard InChI is InChI=1S/C11H23NO2/c1-13-9-10-14-8-3-2-7-12-11-5-4-6-11/h11-12H,2-10H2,1H3. The van der Waals surface area contributed by atoms with E-state index in [-0.39, 0.29) is 0 Å². The molecule has 0 atom stereocenters. The van der Waals surface area contributed by atoms with Crippen LogP contribution in [0.5, 0.6) is 0 Å². The van der Waals surface area contributed by atoms with Crippen molar-refractivity contribution in [3.8, 4) is 0 Å². The zero-order chi connectivity index (χ0) is 10.1. The second-order valence-electron chi connectivity index (χ2n) is 3.89. The molecule has 0 aromatic heterocycles. The Bertz CT molecular complexity index is 126. The molecule has 0 aromatic carbocycles. The minimum absolute atomic E-state index is 0.709. The molecule has 1 rings (SSSR count). The van der Waals surface area contributed by atoms with Crippen LogP contribution < -0.4 is 5.32 Å². The smallest absolute Gasteiger partial charge is 0.0700 e. The zero-order valence-electron chi connectivity index (χ0n) is 9.26. The lowest BCUT2D eigenvalue weighted by atomic mass is 9.93. The molecule has 0 bridgehead atoms. The summed E-state index contributed by atoms with van der Waals surface area (Å²) in [5, 5.41) is 3.54. The van der Waals surface area contributed by atoms with Crippen molar-refractivity contribution in [3.05, 3.63) is 0 Å². The molecule has 1 N–H and O–H groups in total. The van der Waals surface area contributed by atoms with Gasteiger partial charge in [0.05, 0.1) is 13.2 Å². The minimum Gasteiger partial charge on any atom is -0.382 e. The lowest BCUT2D eigenvalue weighted by Gasteiger charge is -2.26. The normalized spacial score (nSPS) is 16.9. The average Bonchev–Trinajstić information content (AvgIpc) is 2.13. The monoisotopic (exact) mass is 201 g/mol. The maximum absolute atomic E-state index is 5.37. The van der Waals surface area contributed by atoms with Crippen molar-refractivity contribution in [2.75, 3.05) is 33.5 Å². The van der Waals surface area contributed by atoms with Gasteiger partial charge in [0.25, 0.3) is 0 Å². The molecule has 3 nitrogen and oxygen atoms in total. The van der Waals surface area contributed by atoms with Gasteiger partial charge in [0, 0.05) is 19.8 Å². The molecule has 1 aliphatic rings. The first-order chi connectivity index (χ1) is 6.93. The van der Waals surface area contributed by atoms with E-state index in [9.17, 15) is 0 Å². The van der Waals surface area contributed by atoms with Gasteiger partial charge >= 0.3 is 0 Å². The Morgan fingerprint density at radius 1 is 1.14 bits per heavy atom. The van der Waals surface area contributed by atoms with Crippen LogP contribution in [0.2, 0.25) is 0 Å². The van der Waals surface area contributed by atoms with Crippen LogP contribution in [0.15, 0.2) is 0 Å². The Labute approximate surface area is 87.2 Å². The second-order valence-corrected chi connectivity index (χ2v) is 3.89. The molecule has 3 heteroatoms. The fourth-order valence-electron chi connectivity index (χ4n) is 1.49. The van der Waals surface area contributed by atoms with Crippen LogP contribution in [-0.2, 0) is 9.47 Å². The van der Waals surface area contributed by atoms with Gasteiger partial charge in [-0.25, -0.2) is 0 Å². The quantitative estimate of drug-likeness (QED) is 0.574. The summed E-state index contributed by atoms with van der Waals surface area (Å²) in [6.45, 7) is 3.46. The molecule has 1 fully saturated rings. The van der Waals surface area contributed by atoms with Crippen molar-refractivity contribution in [1.82, 2.24) is 5.32 Å². The molecule has 0 unspecified atom stereocenters. The molecule has 1 aliphatic carbocycles. The van der Waals surface area contributed by atoms with Crippen molar-refractivity contribution in [1.29, 1.82) is 0 Å². The molecule has 84 valence electrons. The molecule has 0 heterocycles. The number of unbranched alkanes of at least 4 members (excludes halogenated alkanes) is 1. The van der Waals surface area contributed by atoms with Gasteiger partial charge in [-0.1, -0.05) is 6.42 Å². The lowest BCUT2D eigenvalue weighted by molar-refractivity contribution is 0.0686. The van der Waals surface area contributed by atoms with E-state index in [0.717, 1.165) is 32.2 Å². The number of methoxy groups -OCH3 is 1. The largest absolute Gasteiger partial charge is 0.382 e. The second kappa shape index (κ2) is 8.21. The van der Waals surface area contributed by atoms with Gasteiger partial charge in [0.2, 0.25) is 0 Å². The maximum atomic E-state index is 5.37. The molecular weight excluding hydrogens is 178 g/mol. The number of rotatable bonds is 9. The Morgan fingerprint density at radius 2 is 2.00 bits per heavy atom. The van der Waals surface area contributed by atoms with Crippen molar-refractivity contribution >= 4 is 0 Å². The van der Waals surface area contributed by atoms with Crippen molar-refractivity contribution < 1.29 is 9.47 Å². The van der Waals surface area contributed by atoms with Gasteiger partial charge in [0.1, 0.15) is 0 Å². The Hall–Kier alpha value is -0.120. The summed E-state index contributed by atoms with van der Waals surface area (Å²) in [7, 11) is 1.70. The Kier molecular flexibility index (Phi) is 7.01. The van der Waals surface area contributed by atoms with E-state index >= 15 is 0 Å². The van der Waals surface area contributed by atoms with Crippen molar-refractivity contribution in [2.24, 2.45) is 0 Å². The van der Waals surface area contributed by atoms with Gasteiger partial charge in [-0.3, -0.25) is 0 Å². The molecular formula is C11H23NO2. The summed E-state index contributed by atoms with van der Waals surface area (Å²) in [5.74, 6) is 0. The van der Waals surface area contributed by atoms with Gasteiger partial charge in [-0.2, -0.15) is 0 Å². The van der Waals surface area contributed by atoms with E-state index in [1.807, 2.05) is 0 Å². The van der Waals surface area contributed by atoms with E-state index in [1.54, 1.807) is 7.11 Å². The topological polar surface area (TPSA) is 30.5 Å². The van der Waals surface area contributed by atoms with Gasteiger partial charge in [-0.05, 0) is 32.2 Å². The van der Waals surface area contributed by atoms with Crippen LogP contribution in [-0.4, -0.2) is 39.5 Å². The molecule has 0 spiro atoms. The SMILES string of the molecule is COCCOCCCCNC1CCC1. The molecule has 14 heavy (non-hydrogen) atoms. The third-order valence-electron chi connectivity index (χ3n) is 2.69. The number of ether oxygens (including phenoxy) is 2. The maximum Gasteiger partial charge on any atom is 0.0700 e. The molecule has 1 saturated carbocycles. The average molecular weight is 201 g/mol. The summed E-state index contributed by atoms with van der Waals surface area (Å²) < 4.78 is 10.3. The molecule has 0 aromatic rings. The molecule has 0 aliphatic heterocycles. The van der Waals surface area contributed by atoms with E-state index in [2.05, 4.69) is 5.32 Å². The summed E-state index contributed by atoms with van der Waals surface area (Å²) in [6.07, 6.45) is 6.55. The highest BCUT2D eigenvalue weighted by atomic mass is 16.5. The fraction of sp³-hybridized carbons (Fsp3) is 1.00. The first-order valence-electron chi connectivity index (χ1n) is 5.73. The van der Waals surface area contributed by atoms with Gasteiger partial charge in [-0.15, -0.1) is 0 Å². The zero-order valence-corrected chi connectivity index (χ0v) is 9.26. The van der Waals surface area contributed by atoms with E-state index < -0.39 is 0 Å². The molecule has 0 radical (unpaired) electrons. The minimum atomic E-state index is 0.709. The third kappa shape index (κ3) is 5.58. The summed E-state index contributed by atoms with van der Waals surface area (Å²) >= 11 is 0. The van der Waals surface area contributed by atoms with Crippen LogP contribution in [0, 0.1) is 0 Å². The molecule has 0 saturated heterocycles. The van der Waals surface area contributed by atoms with E-state index in [4.69, 9.17) is 9.47 Å². The number of hydrogen-bond acceptors (Lipinski definition) is 3. The van der Waals surface area contributed by atoms with Crippen LogP contribution in [0.1, 0.15) is 32.1 Å². The van der Waals surface area contributed by atoms with E-state index in [0.29, 0.717) is 6.61 Å². The van der Waals surface area contributed by atoms with Crippen LogP contribution in [0.25, 0.3) is 0 Å². The van der Waals surface area contributed by atoms with E-state index in [1.165, 1.54) is 25.7 Å². The predicted octanol–water partition coefficient (Wildman–Crippen LogP) is 1.57. The molecule has 0 amide bonds. The van der Waals surface area contributed by atoms with Crippen molar-refractivity contribution in [3.63, 3.8) is 0 Å². The highest BCUT2D eigenvalue weighted by molar-refractivity contribution is 4.75. The first kappa shape index (κ1) is 12.0.